The Kier molecular flexibility index (Phi) is 5.44. The maximum Gasteiger partial charge on any atom is 2.00 e. The summed E-state index contributed by atoms with van der Waals surface area (Å²) >= 11 is 2.37. The van der Waals surface area contributed by atoms with Crippen molar-refractivity contribution < 1.29 is 31.1 Å². The molecule has 68 valence electrons. The molecule has 0 radical (unpaired) electrons. The summed E-state index contributed by atoms with van der Waals surface area (Å²) in [7, 11) is 0. The molecule has 13 heavy (non-hydrogen) atoms. The van der Waals surface area contributed by atoms with Gasteiger partial charge in [0.25, 0.3) is 0 Å². The van der Waals surface area contributed by atoms with Crippen molar-refractivity contribution in [3.63, 3.8) is 0 Å². The molecule has 1 rings (SSSR count). The van der Waals surface area contributed by atoms with Crippen molar-refractivity contribution in [2.75, 3.05) is 0 Å². The minimum Gasteiger partial charge on any atom is -0.197 e. The molecule has 0 unspecified atom stereocenters. The number of benzene rings is 1. The summed E-state index contributed by atoms with van der Waals surface area (Å²) in [5.74, 6) is 0. The van der Waals surface area contributed by atoms with Crippen LogP contribution in [0.25, 0.3) is 0 Å². The molecule has 0 heterocycles. The molecule has 1 aromatic carbocycles. The fraction of sp³-hybridized carbons (Fsp3) is 0.364. The Balaban J connectivity index is 0.00000144. The average molecular weight is 511 g/mol. The van der Waals surface area contributed by atoms with Gasteiger partial charge in [-0.1, -0.05) is 35.5 Å². The van der Waals surface area contributed by atoms with E-state index in [0.29, 0.717) is 0 Å². The first kappa shape index (κ1) is 13.9. The summed E-state index contributed by atoms with van der Waals surface area (Å²) in [5, 5.41) is 0. The monoisotopic (exact) mass is 511 g/mol. The van der Waals surface area contributed by atoms with Crippen LogP contribution in [0.15, 0.2) is 0 Å². The molecule has 1 aromatic rings. The van der Waals surface area contributed by atoms with Crippen molar-refractivity contribution in [1.82, 2.24) is 0 Å². The zero-order valence-electron chi connectivity index (χ0n) is 8.59. The van der Waals surface area contributed by atoms with Gasteiger partial charge in [0.05, 0.1) is 0 Å². The fourth-order valence-electron chi connectivity index (χ4n) is 1.34. The summed E-state index contributed by atoms with van der Waals surface area (Å²) in [4.78, 5) is 0. The molecule has 0 spiro atoms. The molecule has 0 aliphatic heterocycles. The number of hydrogen-bond acceptors (Lipinski definition) is 0. The van der Waals surface area contributed by atoms with E-state index in [0.717, 1.165) is 0 Å². The third-order valence-corrected chi connectivity index (χ3v) is 4.19. The topological polar surface area (TPSA) is 0 Å². The van der Waals surface area contributed by atoms with Crippen LogP contribution in [0, 0.1) is 69.3 Å². The third kappa shape index (κ3) is 2.46. The predicted molar refractivity (Wildman–Crippen MR) is 62.6 cm³/mol. The molecular weight excluding hydrogens is 497 g/mol. The molecule has 0 fully saturated rings. The van der Waals surface area contributed by atoms with Gasteiger partial charge in [-0.05, 0) is 6.92 Å². The molecule has 0 N–H and O–H groups in total. The predicted octanol–water partition coefficient (Wildman–Crippen LogP) is 3.71. The van der Waals surface area contributed by atoms with E-state index in [-0.39, 0.29) is 31.1 Å². The van der Waals surface area contributed by atoms with Crippen LogP contribution in [0.5, 0.6) is 0 Å². The van der Waals surface area contributed by atoms with Gasteiger partial charge in [-0.3, -0.25) is 0 Å². The summed E-state index contributed by atoms with van der Waals surface area (Å²) in [5.41, 5.74) is 6.70. The number of hydrogen-bond donors (Lipinski definition) is 0. The van der Waals surface area contributed by atoms with Crippen molar-refractivity contribution in [3.8, 4) is 0 Å². The van der Waals surface area contributed by atoms with Crippen LogP contribution in [-0.4, -0.2) is 0 Å². The van der Waals surface area contributed by atoms with E-state index in [1.165, 1.54) is 31.4 Å². The van der Waals surface area contributed by atoms with Crippen molar-refractivity contribution in [2.24, 2.45) is 0 Å². The summed E-state index contributed by atoms with van der Waals surface area (Å²) < 4.78 is 1.31. The van der Waals surface area contributed by atoms with Gasteiger partial charge < -0.3 is 0 Å². The van der Waals surface area contributed by atoms with Crippen molar-refractivity contribution in [2.45, 2.75) is 27.7 Å². The maximum absolute atomic E-state index is 4.07. The Hall–Kier alpha value is 0.872. The molecular formula is C11H14IU+. The smallest absolute Gasteiger partial charge is 0.197 e. The van der Waals surface area contributed by atoms with Crippen LogP contribution in [0.1, 0.15) is 27.8 Å². The van der Waals surface area contributed by atoms with Crippen LogP contribution in [0.2, 0.25) is 0 Å². The quantitative estimate of drug-likeness (QED) is 0.369. The molecule has 0 nitrogen and oxygen atoms in total. The Labute approximate surface area is 118 Å². The van der Waals surface area contributed by atoms with Crippen LogP contribution in [0.3, 0.4) is 0 Å². The number of halogens is 1. The second-order valence-corrected chi connectivity index (χ2v) is 4.37. The first-order valence-corrected chi connectivity index (χ1v) is 5.12. The van der Waals surface area contributed by atoms with Crippen LogP contribution >= 0.6 is 22.6 Å². The minimum atomic E-state index is 0. The van der Waals surface area contributed by atoms with Gasteiger partial charge in [0, 0.05) is 0 Å². The largest absolute Gasteiger partial charge is 2.00 e. The molecule has 0 saturated carbocycles. The Morgan fingerprint density at radius 1 is 0.846 bits per heavy atom. The van der Waals surface area contributed by atoms with Gasteiger partial charge in [-0.15, -0.1) is 33.7 Å². The van der Waals surface area contributed by atoms with E-state index in [2.05, 4.69) is 57.2 Å². The Bertz CT molecular complexity index is 224. The van der Waals surface area contributed by atoms with Crippen molar-refractivity contribution >= 4 is 22.6 Å². The van der Waals surface area contributed by atoms with Crippen molar-refractivity contribution in [1.29, 1.82) is 0 Å². The maximum atomic E-state index is 4.07. The van der Waals surface area contributed by atoms with E-state index in [4.69, 9.17) is 0 Å². The first-order chi connectivity index (χ1) is 5.46. The van der Waals surface area contributed by atoms with Gasteiger partial charge in [0.1, 0.15) is 0 Å². The van der Waals surface area contributed by atoms with Gasteiger partial charge in [-0.2, -0.15) is 12.5 Å². The van der Waals surface area contributed by atoms with E-state index < -0.39 is 0 Å². The zero-order chi connectivity index (χ0) is 9.46. The van der Waals surface area contributed by atoms with Crippen LogP contribution in [0.4, 0.5) is 0 Å². The molecule has 2 heteroatoms. The second kappa shape index (κ2) is 5.09. The van der Waals surface area contributed by atoms with Crippen LogP contribution < -0.4 is 0 Å². The van der Waals surface area contributed by atoms with Gasteiger partial charge in [0.15, 0.2) is 0 Å². The molecule has 0 aromatic heterocycles. The van der Waals surface area contributed by atoms with Gasteiger partial charge in [0.2, 0.25) is 0 Å². The fourth-order valence-corrected chi connectivity index (χ4v) is 2.15. The van der Waals surface area contributed by atoms with E-state index in [1.54, 1.807) is 0 Å². The third-order valence-electron chi connectivity index (χ3n) is 2.73. The SMILES string of the molecule is [CH2-]c1c(C)c(C)c(C)c(C)c1I.[U+2]. The molecule has 0 aliphatic carbocycles. The standard InChI is InChI=1S/C11H14I.U/c1-6-7(2)9(4)11(12)10(5)8(6)3;/h4H2,1-3,5H3;/q-1;+2. The molecule has 0 amide bonds. The molecule has 0 aliphatic rings. The Morgan fingerprint density at radius 2 is 1.23 bits per heavy atom. The van der Waals surface area contributed by atoms with Crippen LogP contribution in [-0.2, 0) is 0 Å². The molecule has 0 bridgehead atoms. The summed E-state index contributed by atoms with van der Waals surface area (Å²) in [6.07, 6.45) is 0. The average Bonchev–Trinajstić information content (AvgIpc) is 2.08. The van der Waals surface area contributed by atoms with E-state index >= 15 is 0 Å². The summed E-state index contributed by atoms with van der Waals surface area (Å²) in [6.45, 7) is 12.7. The van der Waals surface area contributed by atoms with Crippen molar-refractivity contribution in [3.05, 3.63) is 38.3 Å². The first-order valence-electron chi connectivity index (χ1n) is 4.04. The summed E-state index contributed by atoms with van der Waals surface area (Å²) in [6, 6.07) is 0. The van der Waals surface area contributed by atoms with E-state index in [9.17, 15) is 0 Å². The van der Waals surface area contributed by atoms with E-state index in [1.807, 2.05) is 0 Å². The number of rotatable bonds is 0. The molecule has 0 saturated heterocycles. The second-order valence-electron chi connectivity index (χ2n) is 3.29. The normalized spacial score (nSPS) is 9.62. The van der Waals surface area contributed by atoms with Gasteiger partial charge in [-0.25, -0.2) is 0 Å². The zero-order valence-corrected chi connectivity index (χ0v) is 14.9. The minimum absolute atomic E-state index is 0. The molecule has 0 atom stereocenters. The Morgan fingerprint density at radius 3 is 1.69 bits per heavy atom. The van der Waals surface area contributed by atoms with Gasteiger partial charge >= 0.3 is 31.1 Å².